The van der Waals surface area contributed by atoms with Crippen LogP contribution in [0.15, 0.2) is 0 Å². The predicted octanol–water partition coefficient (Wildman–Crippen LogP) is 0.0246. The molecule has 0 unspecified atom stereocenters. The number of hydrogen-bond acceptors (Lipinski definition) is 4. The predicted molar refractivity (Wildman–Crippen MR) is 49.8 cm³/mol. The number of rotatable bonds is 1. The van der Waals surface area contributed by atoms with Gasteiger partial charge in [0, 0.05) is 18.8 Å². The molecule has 1 heterocycles. The highest BCUT2D eigenvalue weighted by molar-refractivity contribution is 7.91. The molecule has 1 fully saturated rings. The fraction of sp³-hybridized carbons (Fsp3) is 0.857. The van der Waals surface area contributed by atoms with E-state index in [0.29, 0.717) is 6.54 Å². The van der Waals surface area contributed by atoms with Crippen molar-refractivity contribution in [3.63, 3.8) is 0 Å². The Morgan fingerprint density at radius 3 is 1.81 bits per heavy atom. The molecule has 0 amide bonds. The zero-order valence-electron chi connectivity index (χ0n) is 8.58. The lowest BCUT2D eigenvalue weighted by molar-refractivity contribution is -0.192. The molecular formula is C7H12F3NO4S. The first kappa shape index (κ1) is 15.2. The number of halogens is 3. The maximum Gasteiger partial charge on any atom is 0.490 e. The summed E-state index contributed by atoms with van der Waals surface area (Å²) in [5, 5.41) is 9.97. The van der Waals surface area contributed by atoms with Crippen molar-refractivity contribution in [3.8, 4) is 0 Å². The third-order valence-corrected chi connectivity index (χ3v) is 3.67. The lowest BCUT2D eigenvalue weighted by Gasteiger charge is -2.33. The third-order valence-electron chi connectivity index (χ3n) is 1.99. The Morgan fingerprint density at radius 1 is 1.44 bits per heavy atom. The molecular weight excluding hydrogens is 251 g/mol. The van der Waals surface area contributed by atoms with E-state index in [0.717, 1.165) is 0 Å². The van der Waals surface area contributed by atoms with E-state index in [4.69, 9.17) is 9.90 Å². The molecule has 0 aromatic heterocycles. The van der Waals surface area contributed by atoms with E-state index in [1.165, 1.54) is 6.26 Å². The van der Waals surface area contributed by atoms with Gasteiger partial charge >= 0.3 is 12.1 Å². The van der Waals surface area contributed by atoms with Gasteiger partial charge in [0.05, 0.1) is 5.25 Å². The highest BCUT2D eigenvalue weighted by Crippen LogP contribution is 2.13. The number of alkyl halides is 3. The van der Waals surface area contributed by atoms with Crippen LogP contribution in [0.2, 0.25) is 0 Å². The molecule has 96 valence electrons. The van der Waals surface area contributed by atoms with Crippen molar-refractivity contribution in [2.45, 2.75) is 24.4 Å². The lowest BCUT2D eigenvalue weighted by atomic mass is 10.1. The van der Waals surface area contributed by atoms with Crippen LogP contribution >= 0.6 is 0 Å². The first-order chi connectivity index (χ1) is 6.96. The summed E-state index contributed by atoms with van der Waals surface area (Å²) in [6, 6.07) is 0.153. The van der Waals surface area contributed by atoms with E-state index >= 15 is 0 Å². The average Bonchev–Trinajstić information content (AvgIpc) is 1.97. The van der Waals surface area contributed by atoms with E-state index < -0.39 is 22.0 Å². The number of carboxylic acids is 1. The van der Waals surface area contributed by atoms with Crippen LogP contribution in [0, 0.1) is 0 Å². The number of nitrogens with one attached hydrogen (secondary N) is 1. The van der Waals surface area contributed by atoms with Crippen LogP contribution in [-0.4, -0.2) is 49.8 Å². The largest absolute Gasteiger partial charge is 0.490 e. The molecule has 1 aliphatic rings. The number of aliphatic carboxylic acids is 1. The molecule has 0 saturated carbocycles. The van der Waals surface area contributed by atoms with Gasteiger partial charge in [0.2, 0.25) is 0 Å². The van der Waals surface area contributed by atoms with Crippen molar-refractivity contribution < 1.29 is 31.5 Å². The minimum Gasteiger partial charge on any atom is -0.475 e. The van der Waals surface area contributed by atoms with Gasteiger partial charge < -0.3 is 10.4 Å². The Labute approximate surface area is 90.6 Å². The SMILES string of the molecule is C[C@H]1NC[C@@H]1S(C)(=O)=O.O=C(O)C(F)(F)F. The molecule has 0 bridgehead atoms. The number of carbonyl (C=O) groups is 1. The summed E-state index contributed by atoms with van der Waals surface area (Å²) in [5.41, 5.74) is 0. The van der Waals surface area contributed by atoms with Gasteiger partial charge in [-0.15, -0.1) is 0 Å². The van der Waals surface area contributed by atoms with Crippen LogP contribution in [0.4, 0.5) is 13.2 Å². The molecule has 0 aromatic rings. The molecule has 0 radical (unpaired) electrons. The molecule has 1 saturated heterocycles. The quantitative estimate of drug-likeness (QED) is 0.697. The molecule has 5 nitrogen and oxygen atoms in total. The minimum atomic E-state index is -5.08. The molecule has 2 N–H and O–H groups in total. The average molecular weight is 263 g/mol. The molecule has 0 aliphatic carbocycles. The van der Waals surface area contributed by atoms with Crippen molar-refractivity contribution in [3.05, 3.63) is 0 Å². The second kappa shape index (κ2) is 5.00. The first-order valence-corrected chi connectivity index (χ1v) is 6.14. The molecule has 1 rings (SSSR count). The van der Waals surface area contributed by atoms with Gasteiger partial charge in [-0.3, -0.25) is 0 Å². The summed E-state index contributed by atoms with van der Waals surface area (Å²) in [6.07, 6.45) is -3.80. The Balaban J connectivity index is 0.000000293. The van der Waals surface area contributed by atoms with Crippen molar-refractivity contribution in [2.75, 3.05) is 12.8 Å². The minimum absolute atomic E-state index is 0.141. The van der Waals surface area contributed by atoms with Gasteiger partial charge in [-0.25, -0.2) is 13.2 Å². The second-order valence-corrected chi connectivity index (χ2v) is 5.63. The van der Waals surface area contributed by atoms with Crippen molar-refractivity contribution in [1.29, 1.82) is 0 Å². The molecule has 0 spiro atoms. The Bertz CT molecular complexity index is 351. The summed E-state index contributed by atoms with van der Waals surface area (Å²) < 4.78 is 53.3. The Hall–Kier alpha value is -0.830. The van der Waals surface area contributed by atoms with Crippen molar-refractivity contribution in [1.82, 2.24) is 5.32 Å². The number of hydrogen-bond donors (Lipinski definition) is 2. The van der Waals surface area contributed by atoms with Crippen LogP contribution in [0.25, 0.3) is 0 Å². The number of sulfone groups is 1. The Kier molecular flexibility index (Phi) is 4.74. The molecule has 9 heteroatoms. The third kappa shape index (κ3) is 4.79. The van der Waals surface area contributed by atoms with Gasteiger partial charge in [0.25, 0.3) is 0 Å². The van der Waals surface area contributed by atoms with Gasteiger partial charge in [-0.1, -0.05) is 0 Å². The maximum absolute atomic E-state index is 10.8. The van der Waals surface area contributed by atoms with E-state index in [1.54, 1.807) is 0 Å². The molecule has 0 aromatic carbocycles. The first-order valence-electron chi connectivity index (χ1n) is 4.18. The maximum atomic E-state index is 10.8. The monoisotopic (exact) mass is 263 g/mol. The normalized spacial score (nSPS) is 25.1. The smallest absolute Gasteiger partial charge is 0.475 e. The van der Waals surface area contributed by atoms with Gasteiger partial charge in [-0.05, 0) is 6.92 Å². The fourth-order valence-electron chi connectivity index (χ4n) is 0.972. The van der Waals surface area contributed by atoms with E-state index in [1.807, 2.05) is 6.92 Å². The summed E-state index contributed by atoms with van der Waals surface area (Å²) in [4.78, 5) is 8.90. The lowest BCUT2D eigenvalue weighted by Crippen LogP contribution is -2.58. The van der Waals surface area contributed by atoms with Crippen LogP contribution in [0.1, 0.15) is 6.92 Å². The summed E-state index contributed by atoms with van der Waals surface area (Å²) >= 11 is 0. The highest BCUT2D eigenvalue weighted by Gasteiger charge is 2.38. The van der Waals surface area contributed by atoms with Gasteiger partial charge in [-0.2, -0.15) is 13.2 Å². The zero-order valence-corrected chi connectivity index (χ0v) is 9.39. The van der Waals surface area contributed by atoms with E-state index in [-0.39, 0.29) is 11.3 Å². The Morgan fingerprint density at radius 2 is 1.81 bits per heavy atom. The summed E-state index contributed by atoms with van der Waals surface area (Å²) in [6.45, 7) is 2.51. The highest BCUT2D eigenvalue weighted by atomic mass is 32.2. The van der Waals surface area contributed by atoms with Gasteiger partial charge in [0.1, 0.15) is 0 Å². The van der Waals surface area contributed by atoms with Crippen LogP contribution in [0.3, 0.4) is 0 Å². The second-order valence-electron chi connectivity index (χ2n) is 3.37. The van der Waals surface area contributed by atoms with Gasteiger partial charge in [0.15, 0.2) is 9.84 Å². The van der Waals surface area contributed by atoms with E-state index in [2.05, 4.69) is 5.32 Å². The van der Waals surface area contributed by atoms with E-state index in [9.17, 15) is 21.6 Å². The molecule has 1 aliphatic heterocycles. The van der Waals surface area contributed by atoms with Crippen LogP contribution in [-0.2, 0) is 14.6 Å². The zero-order chi connectivity index (χ0) is 13.1. The fourth-order valence-corrected chi connectivity index (χ4v) is 2.21. The summed E-state index contributed by atoms with van der Waals surface area (Å²) in [5.74, 6) is -2.76. The van der Waals surface area contributed by atoms with Crippen molar-refractivity contribution in [2.24, 2.45) is 0 Å². The standard InChI is InChI=1S/C5H11NO2S.C2HF3O2/c1-4-5(3-6-4)9(2,7)8;3-2(4,5)1(6)7/h4-6H,3H2,1-2H3;(H,6,7)/t4-,5+;/m1./s1. The van der Waals surface area contributed by atoms with Crippen LogP contribution < -0.4 is 5.32 Å². The molecule has 16 heavy (non-hydrogen) atoms. The topological polar surface area (TPSA) is 83.5 Å². The van der Waals surface area contributed by atoms with Crippen molar-refractivity contribution >= 4 is 15.8 Å². The number of carboxylic acid groups (broad SMARTS) is 1. The van der Waals surface area contributed by atoms with Crippen LogP contribution in [0.5, 0.6) is 0 Å². The molecule has 2 atom stereocenters. The summed E-state index contributed by atoms with van der Waals surface area (Å²) in [7, 11) is -2.78.